The van der Waals surface area contributed by atoms with Crippen LogP contribution in [0.5, 0.6) is 0 Å². The molecule has 3 nitrogen and oxygen atoms in total. The van der Waals surface area contributed by atoms with E-state index in [0.717, 1.165) is 6.42 Å². The van der Waals surface area contributed by atoms with Crippen LogP contribution in [-0.4, -0.2) is 16.0 Å². The van der Waals surface area contributed by atoms with Crippen molar-refractivity contribution in [2.24, 2.45) is 5.92 Å². The van der Waals surface area contributed by atoms with E-state index in [4.69, 9.17) is 10.2 Å². The van der Waals surface area contributed by atoms with E-state index in [9.17, 15) is 4.79 Å². The molecule has 2 N–H and O–H groups in total. The van der Waals surface area contributed by atoms with Crippen LogP contribution in [0.4, 0.5) is 0 Å². The summed E-state index contributed by atoms with van der Waals surface area (Å²) in [6.07, 6.45) is 1.52. The van der Waals surface area contributed by atoms with Crippen LogP contribution in [0.25, 0.3) is 0 Å². The minimum Gasteiger partial charge on any atom is -0.508 e. The van der Waals surface area contributed by atoms with Gasteiger partial charge in [-0.15, -0.1) is 0 Å². The molecule has 1 unspecified atom stereocenters. The van der Waals surface area contributed by atoms with Gasteiger partial charge in [0, 0.05) is 12.8 Å². The Morgan fingerprint density at radius 1 is 1.45 bits per heavy atom. The lowest BCUT2D eigenvalue weighted by molar-refractivity contribution is -0.118. The van der Waals surface area contributed by atoms with Crippen LogP contribution < -0.4 is 0 Å². The van der Waals surface area contributed by atoms with Gasteiger partial charge in [0.1, 0.15) is 5.76 Å². The first-order valence-corrected chi connectivity index (χ1v) is 3.75. The average Bonchev–Trinajstić information content (AvgIpc) is 2.05. The standard InChI is InChI=1S/C8H12O3/c1-5-2-3-6(9)8(11)7(10)4-5/h5,9,11H,2-4H2,1H3. The van der Waals surface area contributed by atoms with Crippen LogP contribution in [0.2, 0.25) is 0 Å². The summed E-state index contributed by atoms with van der Waals surface area (Å²) in [5.41, 5.74) is 0. The molecule has 1 rings (SSSR count). The highest BCUT2D eigenvalue weighted by Gasteiger charge is 2.21. The number of allylic oxidation sites excluding steroid dienone is 2. The first-order chi connectivity index (χ1) is 5.11. The molecule has 0 saturated heterocycles. The molecule has 1 aliphatic rings. The SMILES string of the molecule is CC1CCC(O)=C(O)C(=O)C1. The number of hydrogen-bond donors (Lipinski definition) is 2. The highest BCUT2D eigenvalue weighted by Crippen LogP contribution is 2.22. The Morgan fingerprint density at radius 2 is 2.09 bits per heavy atom. The summed E-state index contributed by atoms with van der Waals surface area (Å²) in [5, 5.41) is 18.1. The number of aliphatic hydroxyl groups excluding tert-OH is 2. The van der Waals surface area contributed by atoms with Gasteiger partial charge in [0.15, 0.2) is 5.76 Å². The lowest BCUT2D eigenvalue weighted by Gasteiger charge is -2.02. The van der Waals surface area contributed by atoms with Crippen molar-refractivity contribution in [3.8, 4) is 0 Å². The molecule has 0 aliphatic heterocycles. The Morgan fingerprint density at radius 3 is 2.73 bits per heavy atom. The minimum atomic E-state index is -0.436. The Labute approximate surface area is 65.3 Å². The van der Waals surface area contributed by atoms with Gasteiger partial charge in [-0.2, -0.15) is 0 Å². The topological polar surface area (TPSA) is 57.5 Å². The van der Waals surface area contributed by atoms with E-state index in [0.29, 0.717) is 12.8 Å². The fourth-order valence-electron chi connectivity index (χ4n) is 1.18. The van der Waals surface area contributed by atoms with Gasteiger partial charge >= 0.3 is 0 Å². The molecule has 0 spiro atoms. The second kappa shape index (κ2) is 2.95. The predicted molar refractivity (Wildman–Crippen MR) is 40.3 cm³/mol. The van der Waals surface area contributed by atoms with E-state index in [-0.39, 0.29) is 17.5 Å². The van der Waals surface area contributed by atoms with Gasteiger partial charge in [0.05, 0.1) is 0 Å². The van der Waals surface area contributed by atoms with Gasteiger partial charge in [0.25, 0.3) is 0 Å². The summed E-state index contributed by atoms with van der Waals surface area (Å²) in [6, 6.07) is 0. The lowest BCUT2D eigenvalue weighted by Crippen LogP contribution is -2.05. The van der Waals surface area contributed by atoms with Crippen molar-refractivity contribution in [1.29, 1.82) is 0 Å². The zero-order valence-corrected chi connectivity index (χ0v) is 6.50. The van der Waals surface area contributed by atoms with Crippen molar-refractivity contribution >= 4 is 5.78 Å². The van der Waals surface area contributed by atoms with Crippen LogP contribution >= 0.6 is 0 Å². The highest BCUT2D eigenvalue weighted by atomic mass is 16.3. The van der Waals surface area contributed by atoms with E-state index in [2.05, 4.69) is 0 Å². The second-order valence-corrected chi connectivity index (χ2v) is 3.07. The zero-order chi connectivity index (χ0) is 8.43. The number of aliphatic hydroxyl groups is 2. The molecule has 11 heavy (non-hydrogen) atoms. The quantitative estimate of drug-likeness (QED) is 0.561. The zero-order valence-electron chi connectivity index (χ0n) is 6.50. The van der Waals surface area contributed by atoms with Crippen molar-refractivity contribution in [2.75, 3.05) is 0 Å². The lowest BCUT2D eigenvalue weighted by atomic mass is 10.0. The van der Waals surface area contributed by atoms with E-state index >= 15 is 0 Å². The molecule has 0 fully saturated rings. The number of Topliss-reactive ketones (excluding diaryl/α,β-unsaturated/α-hetero) is 1. The monoisotopic (exact) mass is 156 g/mol. The molecular weight excluding hydrogens is 144 g/mol. The molecule has 0 aromatic heterocycles. The largest absolute Gasteiger partial charge is 0.508 e. The predicted octanol–water partition coefficient (Wildman–Crippen LogP) is 1.70. The number of rotatable bonds is 0. The van der Waals surface area contributed by atoms with Gasteiger partial charge in [-0.05, 0) is 12.3 Å². The van der Waals surface area contributed by atoms with E-state index in [1.54, 1.807) is 0 Å². The van der Waals surface area contributed by atoms with Gasteiger partial charge < -0.3 is 10.2 Å². The Bertz CT molecular complexity index is 205. The molecule has 0 amide bonds. The average molecular weight is 156 g/mol. The van der Waals surface area contributed by atoms with Crippen molar-refractivity contribution in [1.82, 2.24) is 0 Å². The van der Waals surface area contributed by atoms with Crippen molar-refractivity contribution in [2.45, 2.75) is 26.2 Å². The van der Waals surface area contributed by atoms with Gasteiger partial charge in [-0.3, -0.25) is 4.79 Å². The van der Waals surface area contributed by atoms with Gasteiger partial charge in [-0.1, -0.05) is 6.92 Å². The number of hydrogen-bond acceptors (Lipinski definition) is 3. The molecular formula is C8H12O3. The first kappa shape index (κ1) is 8.11. The molecule has 62 valence electrons. The summed E-state index contributed by atoms with van der Waals surface area (Å²) < 4.78 is 0. The fourth-order valence-corrected chi connectivity index (χ4v) is 1.18. The molecule has 1 atom stereocenters. The molecule has 0 heterocycles. The third-order valence-electron chi connectivity index (χ3n) is 1.95. The summed E-state index contributed by atoms with van der Waals surface area (Å²) in [6.45, 7) is 1.93. The number of carbonyl (C=O) groups is 1. The number of carbonyl (C=O) groups excluding carboxylic acids is 1. The molecule has 0 aromatic carbocycles. The van der Waals surface area contributed by atoms with Crippen LogP contribution in [0.15, 0.2) is 11.5 Å². The minimum absolute atomic E-state index is 0.153. The Hall–Kier alpha value is -0.990. The van der Waals surface area contributed by atoms with Crippen LogP contribution in [-0.2, 0) is 4.79 Å². The summed E-state index contributed by atoms with van der Waals surface area (Å²) in [4.78, 5) is 11.0. The third kappa shape index (κ3) is 1.73. The van der Waals surface area contributed by atoms with Crippen molar-refractivity contribution < 1.29 is 15.0 Å². The maximum atomic E-state index is 11.0. The highest BCUT2D eigenvalue weighted by molar-refractivity contribution is 5.93. The van der Waals surface area contributed by atoms with Gasteiger partial charge in [0.2, 0.25) is 5.78 Å². The van der Waals surface area contributed by atoms with E-state index < -0.39 is 5.76 Å². The fraction of sp³-hybridized carbons (Fsp3) is 0.625. The van der Waals surface area contributed by atoms with Crippen LogP contribution in [0, 0.1) is 5.92 Å². The van der Waals surface area contributed by atoms with Crippen molar-refractivity contribution in [3.63, 3.8) is 0 Å². The summed E-state index contributed by atoms with van der Waals surface area (Å²) >= 11 is 0. The second-order valence-electron chi connectivity index (χ2n) is 3.07. The van der Waals surface area contributed by atoms with Crippen LogP contribution in [0.3, 0.4) is 0 Å². The molecule has 1 aliphatic carbocycles. The molecule has 0 radical (unpaired) electrons. The van der Waals surface area contributed by atoms with Crippen molar-refractivity contribution in [3.05, 3.63) is 11.5 Å². The molecule has 0 aromatic rings. The summed E-state index contributed by atoms with van der Waals surface area (Å²) in [7, 11) is 0. The smallest absolute Gasteiger partial charge is 0.200 e. The van der Waals surface area contributed by atoms with Gasteiger partial charge in [-0.25, -0.2) is 0 Å². The van der Waals surface area contributed by atoms with E-state index in [1.807, 2.05) is 6.92 Å². The maximum absolute atomic E-state index is 11.0. The maximum Gasteiger partial charge on any atom is 0.200 e. The Kier molecular flexibility index (Phi) is 2.17. The normalized spacial score (nSPS) is 27.0. The van der Waals surface area contributed by atoms with E-state index in [1.165, 1.54) is 0 Å². The summed E-state index contributed by atoms with van der Waals surface area (Å²) in [5.74, 6) is -0.671. The third-order valence-corrected chi connectivity index (χ3v) is 1.95. The molecule has 3 heteroatoms. The molecule has 0 bridgehead atoms. The van der Waals surface area contributed by atoms with Crippen LogP contribution in [0.1, 0.15) is 26.2 Å². The Balaban J connectivity index is 2.80. The molecule has 0 saturated carbocycles. The first-order valence-electron chi connectivity index (χ1n) is 3.75. The number of ketones is 1.